The molecule has 2 atom stereocenters. The molecule has 1 aliphatic rings. The van der Waals surface area contributed by atoms with Gasteiger partial charge >= 0.3 is 6.09 Å². The Kier molecular flexibility index (Phi) is 5.52. The van der Waals surface area contributed by atoms with Gasteiger partial charge in [0.2, 0.25) is 5.91 Å². The number of nitrogens with one attached hydrogen (secondary N) is 1. The summed E-state index contributed by atoms with van der Waals surface area (Å²) in [6.07, 6.45) is 0.156. The fourth-order valence-electron chi connectivity index (χ4n) is 2.65. The van der Waals surface area contributed by atoms with Crippen LogP contribution in [0.2, 0.25) is 0 Å². The average molecular weight is 398 g/mol. The van der Waals surface area contributed by atoms with Crippen LogP contribution in [0.4, 0.5) is 10.6 Å². The largest absolute Gasteiger partial charge is 0.444 e. The zero-order chi connectivity index (χ0) is 18.1. The minimum atomic E-state index is -0.591. The lowest BCUT2D eigenvalue weighted by atomic mass is 10.1. The van der Waals surface area contributed by atoms with Crippen LogP contribution >= 0.6 is 15.9 Å². The molecule has 1 aromatic rings. The molecule has 2 rings (SSSR count). The first-order valence-electron chi connectivity index (χ1n) is 8.00. The number of aryl methyl sites for hydroxylation is 1. The Morgan fingerprint density at radius 3 is 2.67 bits per heavy atom. The number of halogens is 1. The summed E-state index contributed by atoms with van der Waals surface area (Å²) in [7, 11) is 0. The standard InChI is InChI=1S/C17H24BrN3O3/c1-10-8-12(21(9-10)16(23)24-17(3,4)5)15(22)20-14-11(2)6-7-13(18)19-14/h6-7,10,12H,8-9H2,1-5H3,(H,19,20,22)/t10?,12-/m0/s1. The number of carbonyl (C=O) groups is 2. The van der Waals surface area contributed by atoms with E-state index in [4.69, 9.17) is 4.74 Å². The van der Waals surface area contributed by atoms with Crippen molar-refractivity contribution in [3.63, 3.8) is 0 Å². The zero-order valence-electron chi connectivity index (χ0n) is 14.7. The summed E-state index contributed by atoms with van der Waals surface area (Å²) in [6, 6.07) is 3.14. The van der Waals surface area contributed by atoms with Gasteiger partial charge < -0.3 is 10.1 Å². The normalized spacial score (nSPS) is 20.8. The molecule has 7 heteroatoms. The van der Waals surface area contributed by atoms with Gasteiger partial charge in [0.15, 0.2) is 0 Å². The van der Waals surface area contributed by atoms with Crippen molar-refractivity contribution in [1.82, 2.24) is 9.88 Å². The Bertz CT molecular complexity index is 642. The molecule has 1 aliphatic heterocycles. The quantitative estimate of drug-likeness (QED) is 0.771. The third-order valence-corrected chi connectivity index (χ3v) is 4.19. The van der Waals surface area contributed by atoms with E-state index < -0.39 is 17.7 Å². The Morgan fingerprint density at radius 1 is 1.38 bits per heavy atom. The first-order valence-corrected chi connectivity index (χ1v) is 8.80. The van der Waals surface area contributed by atoms with Crippen LogP contribution in [0.1, 0.15) is 39.7 Å². The van der Waals surface area contributed by atoms with Crippen molar-refractivity contribution >= 4 is 33.7 Å². The molecule has 1 saturated heterocycles. The van der Waals surface area contributed by atoms with Gasteiger partial charge in [0.1, 0.15) is 22.1 Å². The second-order valence-electron chi connectivity index (χ2n) is 7.28. The summed E-state index contributed by atoms with van der Waals surface area (Å²) >= 11 is 3.30. The van der Waals surface area contributed by atoms with E-state index in [1.165, 1.54) is 4.90 Å². The van der Waals surface area contributed by atoms with Gasteiger partial charge in [0.25, 0.3) is 0 Å². The van der Waals surface area contributed by atoms with Gasteiger partial charge in [0.05, 0.1) is 0 Å². The number of carbonyl (C=O) groups excluding carboxylic acids is 2. The molecule has 2 heterocycles. The van der Waals surface area contributed by atoms with Gasteiger partial charge in [-0.05, 0) is 67.6 Å². The van der Waals surface area contributed by atoms with Gasteiger partial charge in [-0.3, -0.25) is 9.69 Å². The number of ether oxygens (including phenoxy) is 1. The minimum Gasteiger partial charge on any atom is -0.444 e. The predicted molar refractivity (Wildman–Crippen MR) is 95.8 cm³/mol. The minimum absolute atomic E-state index is 0.237. The van der Waals surface area contributed by atoms with E-state index in [1.54, 1.807) is 0 Å². The van der Waals surface area contributed by atoms with Crippen LogP contribution in [0.3, 0.4) is 0 Å². The number of aromatic nitrogens is 1. The van der Waals surface area contributed by atoms with Crippen molar-refractivity contribution < 1.29 is 14.3 Å². The van der Waals surface area contributed by atoms with Crippen LogP contribution in [-0.4, -0.2) is 40.1 Å². The van der Waals surface area contributed by atoms with Gasteiger partial charge in [-0.15, -0.1) is 0 Å². The fourth-order valence-corrected chi connectivity index (χ4v) is 2.96. The summed E-state index contributed by atoms with van der Waals surface area (Å²) in [5.41, 5.74) is 0.272. The van der Waals surface area contributed by atoms with Gasteiger partial charge in [0, 0.05) is 6.54 Å². The number of hydrogen-bond acceptors (Lipinski definition) is 4. The van der Waals surface area contributed by atoms with Crippen LogP contribution < -0.4 is 5.32 Å². The van der Waals surface area contributed by atoms with Gasteiger partial charge in [-0.2, -0.15) is 0 Å². The highest BCUT2D eigenvalue weighted by atomic mass is 79.9. The van der Waals surface area contributed by atoms with Crippen molar-refractivity contribution in [2.24, 2.45) is 5.92 Å². The van der Waals surface area contributed by atoms with Crippen LogP contribution in [-0.2, 0) is 9.53 Å². The summed E-state index contributed by atoms with van der Waals surface area (Å²) < 4.78 is 6.07. The Hall–Kier alpha value is -1.63. The van der Waals surface area contributed by atoms with Crippen LogP contribution in [0.25, 0.3) is 0 Å². The molecule has 0 bridgehead atoms. The molecule has 2 amide bonds. The van der Waals surface area contributed by atoms with Gasteiger partial charge in [-0.1, -0.05) is 13.0 Å². The molecule has 24 heavy (non-hydrogen) atoms. The Balaban J connectivity index is 2.14. The molecule has 132 valence electrons. The van der Waals surface area contributed by atoms with E-state index in [0.29, 0.717) is 23.4 Å². The molecule has 0 aromatic carbocycles. The highest BCUT2D eigenvalue weighted by Gasteiger charge is 2.40. The molecule has 0 aliphatic carbocycles. The summed E-state index contributed by atoms with van der Waals surface area (Å²) in [4.78, 5) is 30.9. The highest BCUT2D eigenvalue weighted by molar-refractivity contribution is 9.10. The Morgan fingerprint density at radius 2 is 2.04 bits per heavy atom. The number of nitrogens with zero attached hydrogens (tertiary/aromatic N) is 2. The summed E-state index contributed by atoms with van der Waals surface area (Å²) in [5.74, 6) is 0.502. The van der Waals surface area contributed by atoms with E-state index in [0.717, 1.165) is 5.56 Å². The van der Waals surface area contributed by atoms with Gasteiger partial charge in [-0.25, -0.2) is 9.78 Å². The maximum Gasteiger partial charge on any atom is 0.410 e. The van der Waals surface area contributed by atoms with Crippen LogP contribution in [0.5, 0.6) is 0 Å². The molecule has 0 saturated carbocycles. The van der Waals surface area contributed by atoms with Crippen molar-refractivity contribution in [3.8, 4) is 0 Å². The molecule has 0 radical (unpaired) electrons. The molecule has 0 spiro atoms. The third kappa shape index (κ3) is 4.69. The molecule has 1 N–H and O–H groups in total. The zero-order valence-corrected chi connectivity index (χ0v) is 16.3. The summed E-state index contributed by atoms with van der Waals surface area (Å²) in [6.45, 7) is 9.85. The number of amides is 2. The van der Waals surface area contributed by atoms with E-state index in [-0.39, 0.29) is 11.8 Å². The lowest BCUT2D eigenvalue weighted by Crippen LogP contribution is -2.45. The van der Waals surface area contributed by atoms with Crippen LogP contribution in [0.15, 0.2) is 16.7 Å². The lowest BCUT2D eigenvalue weighted by Gasteiger charge is -2.28. The lowest BCUT2D eigenvalue weighted by molar-refractivity contribution is -0.120. The monoisotopic (exact) mass is 397 g/mol. The first kappa shape index (κ1) is 18.7. The van der Waals surface area contributed by atoms with E-state index >= 15 is 0 Å². The smallest absolute Gasteiger partial charge is 0.410 e. The molecular weight excluding hydrogens is 374 g/mol. The van der Waals surface area contributed by atoms with E-state index in [2.05, 4.69) is 26.2 Å². The van der Waals surface area contributed by atoms with Crippen molar-refractivity contribution in [2.45, 2.75) is 52.7 Å². The van der Waals surface area contributed by atoms with Crippen molar-refractivity contribution in [1.29, 1.82) is 0 Å². The molecule has 6 nitrogen and oxygen atoms in total. The molecule has 1 unspecified atom stereocenters. The fraction of sp³-hybridized carbons (Fsp3) is 0.588. The number of pyridine rings is 1. The summed E-state index contributed by atoms with van der Waals surface area (Å²) in [5, 5.41) is 2.83. The van der Waals surface area contributed by atoms with E-state index in [9.17, 15) is 9.59 Å². The average Bonchev–Trinajstić information content (AvgIpc) is 2.83. The molecule has 1 fully saturated rings. The molecular formula is C17H24BrN3O3. The SMILES string of the molecule is Cc1ccc(Br)nc1NC(=O)[C@@H]1CC(C)CN1C(=O)OC(C)(C)C. The highest BCUT2D eigenvalue weighted by Crippen LogP contribution is 2.26. The first-order chi connectivity index (χ1) is 11.1. The Labute approximate surface area is 151 Å². The number of anilines is 1. The number of rotatable bonds is 2. The topological polar surface area (TPSA) is 71.5 Å². The maximum atomic E-state index is 12.7. The second-order valence-corrected chi connectivity index (χ2v) is 8.09. The predicted octanol–water partition coefficient (Wildman–Crippen LogP) is 3.74. The molecule has 1 aromatic heterocycles. The van der Waals surface area contributed by atoms with E-state index in [1.807, 2.05) is 46.8 Å². The second kappa shape index (κ2) is 7.09. The van der Waals surface area contributed by atoms with Crippen LogP contribution in [0, 0.1) is 12.8 Å². The third-order valence-electron chi connectivity index (χ3n) is 3.75. The van der Waals surface area contributed by atoms with Crippen molar-refractivity contribution in [3.05, 3.63) is 22.3 Å². The number of likely N-dealkylation sites (tertiary alicyclic amines) is 1. The van der Waals surface area contributed by atoms with Crippen molar-refractivity contribution in [2.75, 3.05) is 11.9 Å². The number of hydrogen-bond donors (Lipinski definition) is 1. The maximum absolute atomic E-state index is 12.7.